The van der Waals surface area contributed by atoms with E-state index in [0.29, 0.717) is 18.1 Å². The Labute approximate surface area is 148 Å². The Balaban J connectivity index is 2.30. The van der Waals surface area contributed by atoms with Crippen LogP contribution < -0.4 is 5.32 Å². The Morgan fingerprint density at radius 2 is 2.04 bits per heavy atom. The Morgan fingerprint density at radius 3 is 2.67 bits per heavy atom. The lowest BCUT2D eigenvalue weighted by atomic mass is 10.0. The lowest BCUT2D eigenvalue weighted by Crippen LogP contribution is -2.31. The molecule has 0 aliphatic carbocycles. The molecule has 130 valence electrons. The second-order valence-corrected chi connectivity index (χ2v) is 7.26. The zero-order valence-corrected chi connectivity index (χ0v) is 15.7. The molecule has 24 heavy (non-hydrogen) atoms. The third kappa shape index (κ3) is 4.87. The number of rotatable bonds is 6. The summed E-state index contributed by atoms with van der Waals surface area (Å²) in [5.74, 6) is 0.365. The quantitative estimate of drug-likeness (QED) is 0.780. The fourth-order valence-electron chi connectivity index (χ4n) is 2.46. The molecular formula is C19H26N2O2S. The molecule has 1 unspecified atom stereocenters. The average molecular weight is 346 g/mol. The number of carbonyl (C=O) groups is 1. The molecule has 0 saturated carbocycles. The van der Waals surface area contributed by atoms with Gasteiger partial charge in [0.15, 0.2) is 5.17 Å². The molecule has 1 atom stereocenters. The van der Waals surface area contributed by atoms with E-state index in [-0.39, 0.29) is 11.2 Å². The van der Waals surface area contributed by atoms with Crippen molar-refractivity contribution in [3.8, 4) is 0 Å². The van der Waals surface area contributed by atoms with E-state index >= 15 is 0 Å². The van der Waals surface area contributed by atoms with Crippen LogP contribution in [0.2, 0.25) is 0 Å². The second-order valence-electron chi connectivity index (χ2n) is 6.16. The SMILES string of the molecule is CCOC(=O)C1=C(C)NC(=NCCC(C)C)SC1c1ccccc1. The van der Waals surface area contributed by atoms with Gasteiger partial charge in [-0.25, -0.2) is 4.79 Å². The number of nitrogens with zero attached hydrogens (tertiary/aromatic N) is 1. The van der Waals surface area contributed by atoms with Gasteiger partial charge in [-0.15, -0.1) is 0 Å². The van der Waals surface area contributed by atoms with Crippen molar-refractivity contribution in [3.63, 3.8) is 0 Å². The highest BCUT2D eigenvalue weighted by molar-refractivity contribution is 8.14. The number of aliphatic imine (C=N–C) groups is 1. The number of thioether (sulfide) groups is 1. The summed E-state index contributed by atoms with van der Waals surface area (Å²) in [6.45, 7) is 9.29. The average Bonchev–Trinajstić information content (AvgIpc) is 2.55. The summed E-state index contributed by atoms with van der Waals surface area (Å²) in [5.41, 5.74) is 2.59. The number of esters is 1. The van der Waals surface area contributed by atoms with E-state index in [9.17, 15) is 4.79 Å². The summed E-state index contributed by atoms with van der Waals surface area (Å²) in [6.07, 6.45) is 1.05. The van der Waals surface area contributed by atoms with Crippen LogP contribution in [0.4, 0.5) is 0 Å². The molecular weight excluding hydrogens is 320 g/mol. The first-order valence-corrected chi connectivity index (χ1v) is 9.31. The first-order valence-electron chi connectivity index (χ1n) is 8.43. The molecule has 1 aliphatic rings. The molecule has 0 bridgehead atoms. The van der Waals surface area contributed by atoms with Crippen molar-refractivity contribution in [3.05, 3.63) is 47.2 Å². The van der Waals surface area contributed by atoms with Crippen LogP contribution in [0.15, 0.2) is 46.6 Å². The van der Waals surface area contributed by atoms with Gasteiger partial charge < -0.3 is 10.1 Å². The van der Waals surface area contributed by atoms with Crippen molar-refractivity contribution in [1.82, 2.24) is 5.32 Å². The number of amidine groups is 1. The Hall–Kier alpha value is -1.75. The van der Waals surface area contributed by atoms with Crippen molar-refractivity contribution < 1.29 is 9.53 Å². The number of hydrogen-bond acceptors (Lipinski definition) is 4. The fraction of sp³-hybridized carbons (Fsp3) is 0.474. The molecule has 1 aromatic carbocycles. The van der Waals surface area contributed by atoms with Crippen molar-refractivity contribution in [2.45, 2.75) is 39.4 Å². The van der Waals surface area contributed by atoms with E-state index in [2.05, 4.69) is 24.2 Å². The Bertz CT molecular complexity index is 624. The summed E-state index contributed by atoms with van der Waals surface area (Å²) in [4.78, 5) is 17.1. The Kier molecular flexibility index (Phi) is 6.91. The summed E-state index contributed by atoms with van der Waals surface area (Å²) in [6, 6.07) is 10.0. The monoisotopic (exact) mass is 346 g/mol. The molecule has 0 amide bonds. The van der Waals surface area contributed by atoms with Crippen molar-refractivity contribution >= 4 is 22.9 Å². The Morgan fingerprint density at radius 1 is 1.33 bits per heavy atom. The summed E-state index contributed by atoms with van der Waals surface area (Å²) in [5, 5.41) is 4.05. The van der Waals surface area contributed by atoms with Gasteiger partial charge in [0.25, 0.3) is 0 Å². The van der Waals surface area contributed by atoms with Crippen molar-refractivity contribution in [2.75, 3.05) is 13.2 Å². The lowest BCUT2D eigenvalue weighted by molar-refractivity contribution is -0.138. The van der Waals surface area contributed by atoms with Crippen molar-refractivity contribution in [1.29, 1.82) is 0 Å². The van der Waals surface area contributed by atoms with Crippen LogP contribution in [0.1, 0.15) is 44.9 Å². The topological polar surface area (TPSA) is 50.7 Å². The highest BCUT2D eigenvalue weighted by atomic mass is 32.2. The fourth-order valence-corrected chi connectivity index (χ4v) is 3.74. The number of benzene rings is 1. The van der Waals surface area contributed by atoms with Gasteiger partial charge in [0.05, 0.1) is 17.4 Å². The molecule has 1 aromatic rings. The van der Waals surface area contributed by atoms with Gasteiger partial charge in [0, 0.05) is 12.2 Å². The van der Waals surface area contributed by atoms with E-state index in [4.69, 9.17) is 4.74 Å². The molecule has 1 aliphatic heterocycles. The highest BCUT2D eigenvalue weighted by Gasteiger charge is 2.32. The molecule has 0 fully saturated rings. The minimum absolute atomic E-state index is 0.0932. The number of carbonyl (C=O) groups excluding carboxylic acids is 1. The van der Waals surface area contributed by atoms with Gasteiger partial charge in [-0.2, -0.15) is 0 Å². The molecule has 4 nitrogen and oxygen atoms in total. The normalized spacial score (nSPS) is 19.5. The van der Waals surface area contributed by atoms with Gasteiger partial charge >= 0.3 is 5.97 Å². The molecule has 0 radical (unpaired) electrons. The zero-order chi connectivity index (χ0) is 17.5. The minimum Gasteiger partial charge on any atom is -0.463 e. The standard InChI is InChI=1S/C19H26N2O2S/c1-5-23-18(22)16-14(4)21-19(20-12-11-13(2)3)24-17(16)15-9-7-6-8-10-15/h6-10,13,17H,5,11-12H2,1-4H3,(H,20,21). The van der Waals surface area contributed by atoms with E-state index in [1.165, 1.54) is 0 Å². The third-order valence-corrected chi connectivity index (χ3v) is 4.95. The number of allylic oxidation sites excluding steroid dienone is 1. The van der Waals surface area contributed by atoms with Crippen LogP contribution in [0.5, 0.6) is 0 Å². The number of nitrogens with one attached hydrogen (secondary N) is 1. The van der Waals surface area contributed by atoms with Gasteiger partial charge in [0.2, 0.25) is 0 Å². The first kappa shape index (κ1) is 18.6. The van der Waals surface area contributed by atoms with Crippen LogP contribution in [0.25, 0.3) is 0 Å². The van der Waals surface area contributed by atoms with E-state index < -0.39 is 0 Å². The van der Waals surface area contributed by atoms with Crippen LogP contribution in [-0.2, 0) is 9.53 Å². The summed E-state index contributed by atoms with van der Waals surface area (Å²) in [7, 11) is 0. The van der Waals surface area contributed by atoms with E-state index in [0.717, 1.165) is 29.4 Å². The summed E-state index contributed by atoms with van der Waals surface area (Å²) < 4.78 is 5.26. The first-order chi connectivity index (χ1) is 11.5. The van der Waals surface area contributed by atoms with Crippen molar-refractivity contribution in [2.24, 2.45) is 10.9 Å². The molecule has 1 heterocycles. The predicted octanol–water partition coefficient (Wildman–Crippen LogP) is 4.30. The zero-order valence-electron chi connectivity index (χ0n) is 14.8. The van der Waals surface area contributed by atoms with Gasteiger partial charge in [-0.05, 0) is 31.7 Å². The minimum atomic E-state index is -0.259. The van der Waals surface area contributed by atoms with E-state index in [1.807, 2.05) is 44.2 Å². The second kappa shape index (κ2) is 8.92. The van der Waals surface area contributed by atoms with E-state index in [1.54, 1.807) is 11.8 Å². The smallest absolute Gasteiger partial charge is 0.337 e. The molecule has 5 heteroatoms. The molecule has 1 N–H and O–H groups in total. The lowest BCUT2D eigenvalue weighted by Gasteiger charge is -2.28. The highest BCUT2D eigenvalue weighted by Crippen LogP contribution is 2.40. The van der Waals surface area contributed by atoms with Crippen LogP contribution >= 0.6 is 11.8 Å². The van der Waals surface area contributed by atoms with Gasteiger partial charge in [0.1, 0.15) is 0 Å². The third-order valence-electron chi connectivity index (χ3n) is 3.75. The van der Waals surface area contributed by atoms with Gasteiger partial charge in [-0.3, -0.25) is 4.99 Å². The molecule has 0 aromatic heterocycles. The van der Waals surface area contributed by atoms with Crippen LogP contribution in [-0.4, -0.2) is 24.3 Å². The largest absolute Gasteiger partial charge is 0.463 e. The molecule has 2 rings (SSSR count). The molecule has 0 spiro atoms. The van der Waals surface area contributed by atoms with Gasteiger partial charge in [-0.1, -0.05) is 55.9 Å². The number of hydrogen-bond donors (Lipinski definition) is 1. The maximum absolute atomic E-state index is 12.4. The van der Waals surface area contributed by atoms with Crippen LogP contribution in [0.3, 0.4) is 0 Å². The maximum atomic E-state index is 12.4. The predicted molar refractivity (Wildman–Crippen MR) is 101 cm³/mol. The molecule has 0 saturated heterocycles. The maximum Gasteiger partial charge on any atom is 0.337 e. The number of ether oxygens (including phenoxy) is 1. The summed E-state index contributed by atoms with van der Waals surface area (Å²) >= 11 is 1.58. The van der Waals surface area contributed by atoms with Crippen LogP contribution in [0, 0.1) is 5.92 Å².